The van der Waals surface area contributed by atoms with Gasteiger partial charge in [0.15, 0.2) is 0 Å². The Balaban J connectivity index is 0. The van der Waals surface area contributed by atoms with Gasteiger partial charge in [-0.05, 0) is 6.92 Å². The Labute approximate surface area is 72.3 Å². The van der Waals surface area contributed by atoms with E-state index in [0.29, 0.717) is 6.61 Å². The summed E-state index contributed by atoms with van der Waals surface area (Å²) < 4.78 is 13.5. The molecule has 0 bridgehead atoms. The quantitative estimate of drug-likeness (QED) is 0.669. The van der Waals surface area contributed by atoms with Gasteiger partial charge < -0.3 is 0 Å². The zero-order valence-corrected chi connectivity index (χ0v) is 7.51. The SMILES string of the molecule is CCOP=O.[Ce]. The predicted octanol–water partition coefficient (Wildman–Crippen LogP) is 1.23. The second-order valence-corrected chi connectivity index (χ2v) is 0.900. The molecule has 0 aromatic rings. The summed E-state index contributed by atoms with van der Waals surface area (Å²) in [4.78, 5) is 0. The molecular weight excluding hydrogens is 227 g/mol. The zero-order chi connectivity index (χ0) is 4.12. The molecule has 0 unspecified atom stereocenters. The van der Waals surface area contributed by atoms with E-state index in [-0.39, 0.29) is 50.4 Å². The molecule has 0 aliphatic carbocycles. The normalized spacial score (nSPS) is 7.50. The molecule has 0 aliphatic rings. The van der Waals surface area contributed by atoms with Gasteiger partial charge in [0.05, 0.1) is 6.61 Å². The smallest absolute Gasteiger partial charge is 0.295 e. The van der Waals surface area contributed by atoms with Crippen molar-refractivity contribution in [3.63, 3.8) is 0 Å². The molecule has 0 heterocycles. The first-order valence-corrected chi connectivity index (χ1v) is 2.09. The van der Waals surface area contributed by atoms with Gasteiger partial charge in [-0.1, -0.05) is 0 Å². The average Bonchev–Trinajstić information content (AvgIpc) is 1.41. The third-order valence-electron chi connectivity index (χ3n) is 0.182. The molecule has 34 valence electrons. The fourth-order valence-corrected chi connectivity index (χ4v) is 0.158. The molecule has 0 rings (SSSR count). The molecule has 0 saturated carbocycles. The summed E-state index contributed by atoms with van der Waals surface area (Å²) in [7, 11) is -0.220. The van der Waals surface area contributed by atoms with Gasteiger partial charge in [0, 0.05) is 41.7 Å². The van der Waals surface area contributed by atoms with Crippen LogP contribution >= 0.6 is 8.69 Å². The third-order valence-corrected chi connectivity index (χ3v) is 0.545. The maximum absolute atomic E-state index is 9.28. The number of hydrogen-bond donors (Lipinski definition) is 0. The minimum atomic E-state index is -0.220. The van der Waals surface area contributed by atoms with E-state index < -0.39 is 0 Å². The topological polar surface area (TPSA) is 26.3 Å². The van der Waals surface area contributed by atoms with Gasteiger partial charge in [0.25, 0.3) is 0 Å². The van der Waals surface area contributed by atoms with Crippen LogP contribution in [-0.4, -0.2) is 6.61 Å². The van der Waals surface area contributed by atoms with E-state index in [1.165, 1.54) is 0 Å². The van der Waals surface area contributed by atoms with Crippen molar-refractivity contribution < 1.29 is 50.8 Å². The molecule has 0 saturated heterocycles. The van der Waals surface area contributed by atoms with Crippen molar-refractivity contribution >= 4 is 8.69 Å². The van der Waals surface area contributed by atoms with Crippen molar-refractivity contribution in [3.05, 3.63) is 0 Å². The maximum atomic E-state index is 9.28. The molecule has 4 heteroatoms. The van der Waals surface area contributed by atoms with E-state index >= 15 is 0 Å². The Kier molecular flexibility index (Phi) is 16.8. The summed E-state index contributed by atoms with van der Waals surface area (Å²) >= 11 is 0. The van der Waals surface area contributed by atoms with E-state index in [1.54, 1.807) is 6.92 Å². The van der Waals surface area contributed by atoms with Crippen molar-refractivity contribution in [2.75, 3.05) is 6.61 Å². The summed E-state index contributed by atoms with van der Waals surface area (Å²) in [6, 6.07) is 0. The van der Waals surface area contributed by atoms with Gasteiger partial charge in [0.1, 0.15) is 0 Å². The molecule has 0 aliphatic heterocycles. The second-order valence-electron chi connectivity index (χ2n) is 0.492. The molecule has 0 amide bonds. The first-order chi connectivity index (χ1) is 2.41. The summed E-state index contributed by atoms with van der Waals surface area (Å²) in [5.74, 6) is 0. The first-order valence-electron chi connectivity index (χ1n) is 1.36. The van der Waals surface area contributed by atoms with E-state index in [2.05, 4.69) is 4.52 Å². The van der Waals surface area contributed by atoms with E-state index in [0.717, 1.165) is 0 Å². The molecule has 2 nitrogen and oxygen atoms in total. The molecule has 6 heavy (non-hydrogen) atoms. The average molecular weight is 232 g/mol. The van der Waals surface area contributed by atoms with Crippen molar-refractivity contribution in [1.29, 1.82) is 0 Å². The molecule has 0 aromatic heterocycles. The standard InChI is InChI=1S/C2H5O2P.Ce/c1-2-4-5-3;/h2H2,1H3;. The Bertz CT molecular complexity index is 32.7. The Morgan fingerprint density at radius 3 is 2.33 bits per heavy atom. The van der Waals surface area contributed by atoms with Crippen LogP contribution < -0.4 is 0 Å². The van der Waals surface area contributed by atoms with Gasteiger partial charge in [-0.3, -0.25) is 4.52 Å². The van der Waals surface area contributed by atoms with Gasteiger partial charge in [-0.2, -0.15) is 0 Å². The first kappa shape index (κ1) is 10.4. The predicted molar refractivity (Wildman–Crippen MR) is 19.2 cm³/mol. The largest absolute Gasteiger partial charge is 0.327 e. The van der Waals surface area contributed by atoms with Crippen molar-refractivity contribution in [2.45, 2.75) is 6.92 Å². The monoisotopic (exact) mass is 232 g/mol. The van der Waals surface area contributed by atoms with Crippen molar-refractivity contribution in [3.8, 4) is 0 Å². The van der Waals surface area contributed by atoms with E-state index in [4.69, 9.17) is 0 Å². The summed E-state index contributed by atoms with van der Waals surface area (Å²) in [6.07, 6.45) is 0. The molecule has 0 radical (unpaired) electrons. The third kappa shape index (κ3) is 9.06. The molecule has 0 atom stereocenters. The van der Waals surface area contributed by atoms with E-state index in [9.17, 15) is 4.57 Å². The van der Waals surface area contributed by atoms with Crippen LogP contribution in [0.4, 0.5) is 0 Å². The molecule has 0 spiro atoms. The molecule has 0 aromatic carbocycles. The molecule has 0 N–H and O–H groups in total. The van der Waals surface area contributed by atoms with E-state index in [1.807, 2.05) is 0 Å². The van der Waals surface area contributed by atoms with Crippen molar-refractivity contribution in [2.24, 2.45) is 0 Å². The summed E-state index contributed by atoms with van der Waals surface area (Å²) in [6.45, 7) is 2.30. The van der Waals surface area contributed by atoms with Crippen LogP contribution in [0.5, 0.6) is 0 Å². The van der Waals surface area contributed by atoms with Gasteiger partial charge in [-0.25, -0.2) is 4.57 Å². The van der Waals surface area contributed by atoms with Gasteiger partial charge >= 0.3 is 8.69 Å². The second kappa shape index (κ2) is 9.67. The van der Waals surface area contributed by atoms with Crippen LogP contribution in [0.1, 0.15) is 6.92 Å². The number of rotatable bonds is 2. The Hall–Kier alpha value is 1.44. The number of hydrogen-bond acceptors (Lipinski definition) is 2. The van der Waals surface area contributed by atoms with Crippen LogP contribution in [0.3, 0.4) is 0 Å². The van der Waals surface area contributed by atoms with Crippen molar-refractivity contribution in [1.82, 2.24) is 0 Å². The van der Waals surface area contributed by atoms with Gasteiger partial charge in [-0.15, -0.1) is 0 Å². The molecular formula is C2H5CeO2P. The zero-order valence-electron chi connectivity index (χ0n) is 3.47. The fraction of sp³-hybridized carbons (Fsp3) is 1.00. The maximum Gasteiger partial charge on any atom is 0.327 e. The minimum Gasteiger partial charge on any atom is -0.295 e. The Morgan fingerprint density at radius 2 is 2.33 bits per heavy atom. The minimum absolute atomic E-state index is 0. The van der Waals surface area contributed by atoms with Gasteiger partial charge in [0.2, 0.25) is 0 Å². The summed E-state index contributed by atoms with van der Waals surface area (Å²) in [5.41, 5.74) is 0. The van der Waals surface area contributed by atoms with Crippen LogP contribution in [0.2, 0.25) is 0 Å². The van der Waals surface area contributed by atoms with Crippen LogP contribution in [0, 0.1) is 41.7 Å². The fourth-order valence-electron chi connectivity index (χ4n) is 0.0527. The summed E-state index contributed by atoms with van der Waals surface area (Å²) in [5, 5.41) is 0. The van der Waals surface area contributed by atoms with Crippen LogP contribution in [-0.2, 0) is 9.09 Å². The Morgan fingerprint density at radius 1 is 1.83 bits per heavy atom. The van der Waals surface area contributed by atoms with Crippen LogP contribution in [0.25, 0.3) is 0 Å². The molecule has 0 fully saturated rings. The van der Waals surface area contributed by atoms with Crippen LogP contribution in [0.15, 0.2) is 0 Å².